The molecule has 0 radical (unpaired) electrons. The van der Waals surface area contributed by atoms with Gasteiger partial charge in [0.1, 0.15) is 0 Å². The van der Waals surface area contributed by atoms with Gasteiger partial charge in [0.15, 0.2) is 5.82 Å². The van der Waals surface area contributed by atoms with Gasteiger partial charge in [-0.15, -0.1) is 0 Å². The van der Waals surface area contributed by atoms with Gasteiger partial charge in [0.25, 0.3) is 0 Å². The molecule has 1 aromatic rings. The second-order valence-electron chi connectivity index (χ2n) is 3.08. The van der Waals surface area contributed by atoms with Gasteiger partial charge in [-0.2, -0.15) is 0 Å². The highest BCUT2D eigenvalue weighted by atomic mass is 19.1. The molecular formula is C10H14FN3O. The molecule has 1 heterocycles. The molecule has 5 heteroatoms. The van der Waals surface area contributed by atoms with Crippen LogP contribution in [-0.4, -0.2) is 24.0 Å². The molecule has 0 aliphatic rings. The third-order valence-corrected chi connectivity index (χ3v) is 1.76. The Morgan fingerprint density at radius 1 is 1.60 bits per heavy atom. The molecular weight excluding hydrogens is 197 g/mol. The van der Waals surface area contributed by atoms with Crippen LogP contribution in [0.3, 0.4) is 0 Å². The van der Waals surface area contributed by atoms with E-state index < -0.39 is 5.82 Å². The first-order chi connectivity index (χ1) is 7.24. The second-order valence-corrected chi connectivity index (χ2v) is 3.08. The molecule has 0 spiro atoms. The Morgan fingerprint density at radius 3 is 3.07 bits per heavy atom. The van der Waals surface area contributed by atoms with Gasteiger partial charge in [-0.05, 0) is 19.0 Å². The Balaban J connectivity index is 2.41. The summed E-state index contributed by atoms with van der Waals surface area (Å²) in [5.74, 6) is -0.783. The second kappa shape index (κ2) is 6.08. The lowest BCUT2D eigenvalue weighted by molar-refractivity contribution is -0.115. The van der Waals surface area contributed by atoms with E-state index in [-0.39, 0.29) is 18.1 Å². The van der Waals surface area contributed by atoms with E-state index in [1.54, 1.807) is 0 Å². The van der Waals surface area contributed by atoms with Gasteiger partial charge in [0.05, 0.1) is 18.4 Å². The molecule has 0 unspecified atom stereocenters. The van der Waals surface area contributed by atoms with E-state index >= 15 is 0 Å². The minimum atomic E-state index is -0.527. The number of nitrogens with zero attached hydrogens (tertiary/aromatic N) is 1. The monoisotopic (exact) mass is 211 g/mol. The van der Waals surface area contributed by atoms with Crippen molar-refractivity contribution >= 4 is 11.6 Å². The lowest BCUT2D eigenvalue weighted by atomic mass is 10.4. The Kier molecular flexibility index (Phi) is 4.70. The van der Waals surface area contributed by atoms with E-state index in [9.17, 15) is 9.18 Å². The molecule has 1 amide bonds. The minimum absolute atomic E-state index is 0.160. The summed E-state index contributed by atoms with van der Waals surface area (Å²) in [7, 11) is 0. The normalized spacial score (nSPS) is 10.0. The summed E-state index contributed by atoms with van der Waals surface area (Å²) in [6.07, 6.45) is 3.45. The van der Waals surface area contributed by atoms with Crippen molar-refractivity contribution in [2.75, 3.05) is 18.4 Å². The number of nitrogens with one attached hydrogen (secondary N) is 2. The molecule has 0 aromatic carbocycles. The van der Waals surface area contributed by atoms with E-state index in [0.717, 1.165) is 19.2 Å². The number of carbonyl (C=O) groups is 1. The van der Waals surface area contributed by atoms with Crippen molar-refractivity contribution in [2.24, 2.45) is 0 Å². The van der Waals surface area contributed by atoms with Crippen LogP contribution < -0.4 is 10.6 Å². The minimum Gasteiger partial charge on any atom is -0.322 e. The van der Waals surface area contributed by atoms with Crippen molar-refractivity contribution in [3.63, 3.8) is 0 Å². The summed E-state index contributed by atoms with van der Waals surface area (Å²) >= 11 is 0. The summed E-state index contributed by atoms with van der Waals surface area (Å²) < 4.78 is 13.0. The van der Waals surface area contributed by atoms with Crippen LogP contribution in [0.2, 0.25) is 0 Å². The zero-order valence-electron chi connectivity index (χ0n) is 8.59. The molecule has 2 N–H and O–H groups in total. The Morgan fingerprint density at radius 2 is 2.40 bits per heavy atom. The number of aromatic nitrogens is 1. The van der Waals surface area contributed by atoms with E-state index in [1.807, 2.05) is 6.92 Å². The maximum absolute atomic E-state index is 13.0. The number of hydrogen-bond acceptors (Lipinski definition) is 3. The number of carbonyl (C=O) groups excluding carboxylic acids is 1. The number of pyridine rings is 1. The van der Waals surface area contributed by atoms with Crippen LogP contribution in [0.15, 0.2) is 18.5 Å². The topological polar surface area (TPSA) is 54.0 Å². The summed E-state index contributed by atoms with van der Waals surface area (Å²) in [5.41, 5.74) is 0.160. The highest BCUT2D eigenvalue weighted by Gasteiger charge is 2.05. The Bertz CT molecular complexity index is 330. The molecule has 4 nitrogen and oxygen atoms in total. The van der Waals surface area contributed by atoms with Crippen LogP contribution in [0.1, 0.15) is 13.3 Å². The predicted octanol–water partition coefficient (Wildman–Crippen LogP) is 1.16. The third kappa shape index (κ3) is 4.03. The van der Waals surface area contributed by atoms with Crippen molar-refractivity contribution < 1.29 is 9.18 Å². The van der Waals surface area contributed by atoms with Crippen molar-refractivity contribution in [3.05, 3.63) is 24.3 Å². The SMILES string of the molecule is CCCNCC(=O)Nc1ccncc1F. The largest absolute Gasteiger partial charge is 0.322 e. The van der Waals surface area contributed by atoms with Crippen molar-refractivity contribution in [3.8, 4) is 0 Å². The smallest absolute Gasteiger partial charge is 0.238 e. The van der Waals surface area contributed by atoms with Gasteiger partial charge in [0, 0.05) is 6.20 Å². The lowest BCUT2D eigenvalue weighted by Crippen LogP contribution is -2.28. The summed E-state index contributed by atoms with van der Waals surface area (Å²) in [5, 5.41) is 5.38. The predicted molar refractivity (Wildman–Crippen MR) is 56.0 cm³/mol. The Hall–Kier alpha value is -1.49. The summed E-state index contributed by atoms with van der Waals surface area (Å²) in [6, 6.07) is 1.42. The van der Waals surface area contributed by atoms with Crippen LogP contribution in [0.5, 0.6) is 0 Å². The fraction of sp³-hybridized carbons (Fsp3) is 0.400. The first-order valence-corrected chi connectivity index (χ1v) is 4.84. The van der Waals surface area contributed by atoms with Gasteiger partial charge in [-0.3, -0.25) is 9.78 Å². The molecule has 0 saturated heterocycles. The average molecular weight is 211 g/mol. The first kappa shape index (κ1) is 11.6. The van der Waals surface area contributed by atoms with Crippen molar-refractivity contribution in [1.82, 2.24) is 10.3 Å². The van der Waals surface area contributed by atoms with E-state index in [2.05, 4.69) is 15.6 Å². The van der Waals surface area contributed by atoms with E-state index in [4.69, 9.17) is 0 Å². The van der Waals surface area contributed by atoms with Crippen LogP contribution in [0, 0.1) is 5.82 Å². The molecule has 0 atom stereocenters. The van der Waals surface area contributed by atoms with Gasteiger partial charge in [0.2, 0.25) is 5.91 Å². The van der Waals surface area contributed by atoms with Crippen molar-refractivity contribution in [2.45, 2.75) is 13.3 Å². The average Bonchev–Trinajstić information content (AvgIpc) is 2.22. The number of anilines is 1. The number of hydrogen-bond donors (Lipinski definition) is 2. The number of rotatable bonds is 5. The van der Waals surface area contributed by atoms with Crippen LogP contribution in [0.4, 0.5) is 10.1 Å². The van der Waals surface area contributed by atoms with Crippen LogP contribution >= 0.6 is 0 Å². The summed E-state index contributed by atoms with van der Waals surface area (Å²) in [6.45, 7) is 2.97. The molecule has 15 heavy (non-hydrogen) atoms. The Labute approximate surface area is 87.9 Å². The van der Waals surface area contributed by atoms with Crippen LogP contribution in [0.25, 0.3) is 0 Å². The molecule has 1 aromatic heterocycles. The maximum Gasteiger partial charge on any atom is 0.238 e. The molecule has 1 rings (SSSR count). The molecule has 0 fully saturated rings. The van der Waals surface area contributed by atoms with Gasteiger partial charge < -0.3 is 10.6 Å². The van der Waals surface area contributed by atoms with Gasteiger partial charge in [-0.1, -0.05) is 6.92 Å². The van der Waals surface area contributed by atoms with Crippen molar-refractivity contribution in [1.29, 1.82) is 0 Å². The fourth-order valence-electron chi connectivity index (χ4n) is 1.05. The quantitative estimate of drug-likeness (QED) is 0.718. The fourth-order valence-corrected chi connectivity index (χ4v) is 1.05. The van der Waals surface area contributed by atoms with E-state index in [0.29, 0.717) is 0 Å². The summed E-state index contributed by atoms with van der Waals surface area (Å²) in [4.78, 5) is 14.9. The van der Waals surface area contributed by atoms with Gasteiger partial charge >= 0.3 is 0 Å². The zero-order valence-corrected chi connectivity index (χ0v) is 8.59. The third-order valence-electron chi connectivity index (χ3n) is 1.76. The first-order valence-electron chi connectivity index (χ1n) is 4.84. The van der Waals surface area contributed by atoms with E-state index in [1.165, 1.54) is 12.3 Å². The van der Waals surface area contributed by atoms with Gasteiger partial charge in [-0.25, -0.2) is 4.39 Å². The highest BCUT2D eigenvalue weighted by Crippen LogP contribution is 2.09. The van der Waals surface area contributed by atoms with Crippen LogP contribution in [-0.2, 0) is 4.79 Å². The lowest BCUT2D eigenvalue weighted by Gasteiger charge is -2.06. The standard InChI is InChI=1S/C10H14FN3O/c1-2-4-12-7-10(15)14-9-3-5-13-6-8(9)11/h3,5-6,12H,2,4,7H2,1H3,(H,13,14,15). The number of halogens is 1. The molecule has 0 saturated carbocycles. The molecule has 0 bridgehead atoms. The maximum atomic E-state index is 13.0. The molecule has 0 aliphatic heterocycles. The highest BCUT2D eigenvalue weighted by molar-refractivity contribution is 5.92. The molecule has 0 aliphatic carbocycles. The zero-order chi connectivity index (χ0) is 11.1. The molecule has 82 valence electrons. The number of amides is 1.